The van der Waals surface area contributed by atoms with Crippen molar-refractivity contribution in [2.24, 2.45) is 17.3 Å². The van der Waals surface area contributed by atoms with Crippen molar-refractivity contribution in [1.29, 1.82) is 0 Å². The van der Waals surface area contributed by atoms with Crippen LogP contribution in [0.3, 0.4) is 0 Å². The highest BCUT2D eigenvalue weighted by Crippen LogP contribution is 2.67. The van der Waals surface area contributed by atoms with E-state index in [4.69, 9.17) is 11.2 Å². The standard InChI is InChI=1S/C29H32O3/c1-5-29(32-4)15-14-26-24-12-10-21-16-22(31)11-13-23(21)27(24)25(17-28(26,29)3)20-8-6-19(7-9-20)18(2)30/h1,6-9,16,24-26H,10-15,17H2,2-4H3/t24-,25+,26-,28-,29-/m0/s1. The van der Waals surface area contributed by atoms with Gasteiger partial charge in [-0.1, -0.05) is 42.7 Å². The third-order valence-corrected chi connectivity index (χ3v) is 9.16. The summed E-state index contributed by atoms with van der Waals surface area (Å²) in [5, 5.41) is 0. The van der Waals surface area contributed by atoms with Crippen LogP contribution in [-0.2, 0) is 9.53 Å². The van der Waals surface area contributed by atoms with Crippen LogP contribution >= 0.6 is 0 Å². The summed E-state index contributed by atoms with van der Waals surface area (Å²) < 4.78 is 6.10. The summed E-state index contributed by atoms with van der Waals surface area (Å²) in [5.74, 6) is 4.62. The SMILES string of the molecule is C#C[C@]1(OC)CC[C@H]2[C@@H]3CCC4=CC(=O)CCC4=C3[C@@H](c3ccc(C(C)=O)cc3)C[C@@]21C. The lowest BCUT2D eigenvalue weighted by molar-refractivity contribution is -0.114. The summed E-state index contributed by atoms with van der Waals surface area (Å²) in [6.45, 7) is 3.96. The molecule has 0 spiro atoms. The topological polar surface area (TPSA) is 43.4 Å². The number of fused-ring (bicyclic) bond motifs is 4. The first-order valence-electron chi connectivity index (χ1n) is 11.9. The third-order valence-electron chi connectivity index (χ3n) is 9.16. The van der Waals surface area contributed by atoms with Crippen molar-refractivity contribution in [2.75, 3.05) is 7.11 Å². The van der Waals surface area contributed by atoms with E-state index in [1.54, 1.807) is 14.0 Å². The molecule has 0 heterocycles. The van der Waals surface area contributed by atoms with Gasteiger partial charge in [0.25, 0.3) is 0 Å². The number of ether oxygens (including phenoxy) is 1. The zero-order chi connectivity index (χ0) is 22.7. The van der Waals surface area contributed by atoms with Gasteiger partial charge < -0.3 is 4.74 Å². The Balaban J connectivity index is 1.68. The van der Waals surface area contributed by atoms with Gasteiger partial charge in [0.1, 0.15) is 5.60 Å². The van der Waals surface area contributed by atoms with Gasteiger partial charge in [-0.15, -0.1) is 6.42 Å². The number of rotatable bonds is 3. The van der Waals surface area contributed by atoms with E-state index in [0.29, 0.717) is 18.3 Å². The van der Waals surface area contributed by atoms with Crippen molar-refractivity contribution < 1.29 is 14.3 Å². The van der Waals surface area contributed by atoms with Gasteiger partial charge in [-0.3, -0.25) is 9.59 Å². The summed E-state index contributed by atoms with van der Waals surface area (Å²) in [6, 6.07) is 8.16. The number of carbonyl (C=O) groups excluding carboxylic acids is 2. The molecule has 0 N–H and O–H groups in total. The normalized spacial score (nSPS) is 36.0. The maximum atomic E-state index is 12.2. The van der Waals surface area contributed by atoms with E-state index in [1.807, 2.05) is 18.2 Å². The Morgan fingerprint density at radius 1 is 1.16 bits per heavy atom. The van der Waals surface area contributed by atoms with E-state index in [1.165, 1.54) is 22.3 Å². The van der Waals surface area contributed by atoms with E-state index in [0.717, 1.165) is 44.1 Å². The van der Waals surface area contributed by atoms with Gasteiger partial charge in [0.05, 0.1) is 0 Å². The highest BCUT2D eigenvalue weighted by atomic mass is 16.5. The molecule has 166 valence electrons. The molecule has 0 bridgehead atoms. The van der Waals surface area contributed by atoms with E-state index >= 15 is 0 Å². The Hall–Kier alpha value is -2.44. The Morgan fingerprint density at radius 2 is 1.91 bits per heavy atom. The van der Waals surface area contributed by atoms with Crippen LogP contribution < -0.4 is 0 Å². The minimum Gasteiger partial charge on any atom is -0.365 e. The highest BCUT2D eigenvalue weighted by molar-refractivity contribution is 5.94. The van der Waals surface area contributed by atoms with Gasteiger partial charge in [0.15, 0.2) is 11.6 Å². The molecule has 32 heavy (non-hydrogen) atoms. The first-order chi connectivity index (χ1) is 15.3. The summed E-state index contributed by atoms with van der Waals surface area (Å²) in [6.07, 6.45) is 14.5. The van der Waals surface area contributed by atoms with E-state index in [-0.39, 0.29) is 22.9 Å². The zero-order valence-corrected chi connectivity index (χ0v) is 19.4. The quantitative estimate of drug-likeness (QED) is 0.451. The Bertz CT molecular complexity index is 1080. The number of methoxy groups -OCH3 is 1. The lowest BCUT2D eigenvalue weighted by Gasteiger charge is -2.54. The van der Waals surface area contributed by atoms with Gasteiger partial charge in [0, 0.05) is 30.4 Å². The minimum atomic E-state index is -0.538. The van der Waals surface area contributed by atoms with Crippen molar-refractivity contribution in [3.05, 3.63) is 58.2 Å². The monoisotopic (exact) mass is 428 g/mol. The molecular formula is C29H32O3. The van der Waals surface area contributed by atoms with Crippen molar-refractivity contribution >= 4 is 11.6 Å². The first kappa shape index (κ1) is 21.4. The number of terminal acetylenes is 1. The van der Waals surface area contributed by atoms with E-state index in [2.05, 4.69) is 25.0 Å². The fraction of sp³-hybridized carbons (Fsp3) is 0.517. The first-order valence-corrected chi connectivity index (χ1v) is 11.9. The van der Waals surface area contributed by atoms with Crippen LogP contribution in [0, 0.1) is 29.6 Å². The van der Waals surface area contributed by atoms with Crippen LogP contribution in [0.1, 0.15) is 80.6 Å². The molecule has 1 aromatic rings. The highest BCUT2D eigenvalue weighted by Gasteiger charge is 2.63. The zero-order valence-electron chi connectivity index (χ0n) is 19.4. The number of Topliss-reactive ketones (excluding diaryl/α,β-unsaturated/α-hetero) is 1. The van der Waals surface area contributed by atoms with Gasteiger partial charge in [-0.25, -0.2) is 0 Å². The molecule has 0 saturated heterocycles. The molecule has 5 rings (SSSR count). The predicted molar refractivity (Wildman–Crippen MR) is 125 cm³/mol. The number of benzene rings is 1. The molecule has 3 nitrogen and oxygen atoms in total. The lowest BCUT2D eigenvalue weighted by Crippen LogP contribution is -2.51. The van der Waals surface area contributed by atoms with Crippen molar-refractivity contribution in [2.45, 2.75) is 70.3 Å². The second kappa shape index (κ2) is 7.56. The van der Waals surface area contributed by atoms with Crippen molar-refractivity contribution in [3.63, 3.8) is 0 Å². The fourth-order valence-corrected chi connectivity index (χ4v) is 7.53. The molecule has 1 aromatic carbocycles. The molecule has 0 amide bonds. The third kappa shape index (κ3) is 2.92. The Labute approximate surface area is 191 Å². The summed E-state index contributed by atoms with van der Waals surface area (Å²) >= 11 is 0. The maximum Gasteiger partial charge on any atom is 0.159 e. The van der Waals surface area contributed by atoms with E-state index in [9.17, 15) is 9.59 Å². The van der Waals surface area contributed by atoms with Crippen molar-refractivity contribution in [1.82, 2.24) is 0 Å². The minimum absolute atomic E-state index is 0.0855. The lowest BCUT2D eigenvalue weighted by atomic mass is 9.51. The molecule has 5 atom stereocenters. The molecule has 2 saturated carbocycles. The molecule has 0 radical (unpaired) electrons. The average Bonchev–Trinajstić information content (AvgIpc) is 3.10. The van der Waals surface area contributed by atoms with E-state index < -0.39 is 5.60 Å². The van der Waals surface area contributed by atoms with Crippen molar-refractivity contribution in [3.8, 4) is 12.3 Å². The second-order valence-electron chi connectivity index (χ2n) is 10.4. The van der Waals surface area contributed by atoms with Gasteiger partial charge >= 0.3 is 0 Å². The molecule has 2 fully saturated rings. The largest absolute Gasteiger partial charge is 0.365 e. The molecule has 0 aromatic heterocycles. The van der Waals surface area contributed by atoms with Crippen LogP contribution in [0.5, 0.6) is 0 Å². The molecule has 4 aliphatic rings. The predicted octanol–water partition coefficient (Wildman–Crippen LogP) is 5.81. The fourth-order valence-electron chi connectivity index (χ4n) is 7.53. The van der Waals surface area contributed by atoms with Gasteiger partial charge in [-0.05, 0) is 80.1 Å². The molecule has 4 aliphatic carbocycles. The Morgan fingerprint density at radius 3 is 2.56 bits per heavy atom. The van der Waals surface area contributed by atoms with Gasteiger partial charge in [0.2, 0.25) is 0 Å². The number of hydrogen-bond donors (Lipinski definition) is 0. The number of hydrogen-bond acceptors (Lipinski definition) is 3. The number of carbonyl (C=O) groups is 2. The smallest absolute Gasteiger partial charge is 0.159 e. The van der Waals surface area contributed by atoms with Crippen LogP contribution in [0.2, 0.25) is 0 Å². The van der Waals surface area contributed by atoms with Crippen LogP contribution in [0.25, 0.3) is 0 Å². The van der Waals surface area contributed by atoms with Crippen LogP contribution in [0.15, 0.2) is 47.1 Å². The summed E-state index contributed by atoms with van der Waals surface area (Å²) in [7, 11) is 1.77. The summed E-state index contributed by atoms with van der Waals surface area (Å²) in [5.41, 5.74) is 5.57. The van der Waals surface area contributed by atoms with Crippen LogP contribution in [0.4, 0.5) is 0 Å². The number of ketones is 2. The molecule has 3 heteroatoms. The van der Waals surface area contributed by atoms with Gasteiger partial charge in [-0.2, -0.15) is 0 Å². The second-order valence-corrected chi connectivity index (χ2v) is 10.4. The van der Waals surface area contributed by atoms with Crippen LogP contribution in [-0.4, -0.2) is 24.3 Å². The Kier molecular flexibility index (Phi) is 5.06. The summed E-state index contributed by atoms with van der Waals surface area (Å²) in [4.78, 5) is 24.0. The average molecular weight is 429 g/mol. The molecule has 0 aliphatic heterocycles. The molecular weight excluding hydrogens is 396 g/mol. The maximum absolute atomic E-state index is 12.2. The molecule has 0 unspecified atom stereocenters. The number of allylic oxidation sites excluding steroid dienone is 4.